The maximum absolute atomic E-state index is 9.56. The lowest BCUT2D eigenvalue weighted by molar-refractivity contribution is 0.0441. The first-order chi connectivity index (χ1) is 6.36. The van der Waals surface area contributed by atoms with Crippen molar-refractivity contribution in [2.24, 2.45) is 0 Å². The number of β-amino-alcohol motifs (C(OH)–C–C–N with tert-alkyl or cyclic N) is 1. The van der Waals surface area contributed by atoms with Crippen molar-refractivity contribution in [2.45, 2.75) is 37.8 Å². The molecule has 2 rings (SSSR count). The number of hydrogen-bond acceptors (Lipinski definition) is 3. The summed E-state index contributed by atoms with van der Waals surface area (Å²) in [5, 5.41) is 9.56. The Kier molecular flexibility index (Phi) is 3.52. The van der Waals surface area contributed by atoms with Crippen LogP contribution < -0.4 is 0 Å². The van der Waals surface area contributed by atoms with E-state index >= 15 is 0 Å². The Balaban J connectivity index is 1.83. The molecule has 2 aliphatic heterocycles. The topological polar surface area (TPSA) is 23.5 Å². The van der Waals surface area contributed by atoms with Crippen molar-refractivity contribution in [3.05, 3.63) is 0 Å². The molecule has 0 saturated carbocycles. The lowest BCUT2D eigenvalue weighted by Gasteiger charge is -2.38. The largest absolute Gasteiger partial charge is 0.392 e. The summed E-state index contributed by atoms with van der Waals surface area (Å²) >= 11 is 2.07. The van der Waals surface area contributed by atoms with Crippen LogP contribution in [-0.2, 0) is 0 Å². The monoisotopic (exact) mass is 201 g/mol. The fraction of sp³-hybridized carbons (Fsp3) is 1.00. The highest BCUT2D eigenvalue weighted by molar-refractivity contribution is 7.99. The van der Waals surface area contributed by atoms with Gasteiger partial charge in [0.1, 0.15) is 0 Å². The van der Waals surface area contributed by atoms with Crippen LogP contribution in [0.2, 0.25) is 0 Å². The molecule has 2 nitrogen and oxygen atoms in total. The summed E-state index contributed by atoms with van der Waals surface area (Å²) in [5.74, 6) is 2.63. The third-order valence-corrected chi connectivity index (χ3v) is 4.18. The van der Waals surface area contributed by atoms with Crippen molar-refractivity contribution < 1.29 is 5.11 Å². The molecule has 2 aliphatic rings. The van der Waals surface area contributed by atoms with Crippen LogP contribution in [0.5, 0.6) is 0 Å². The Morgan fingerprint density at radius 3 is 2.62 bits per heavy atom. The molecule has 0 aromatic carbocycles. The predicted octanol–water partition coefficient (Wildman–Crippen LogP) is 1.34. The molecular weight excluding hydrogens is 182 g/mol. The van der Waals surface area contributed by atoms with E-state index in [4.69, 9.17) is 0 Å². The number of rotatable bonds is 1. The number of aliphatic hydroxyl groups is 1. The zero-order chi connectivity index (χ0) is 9.10. The Morgan fingerprint density at radius 2 is 1.92 bits per heavy atom. The lowest BCUT2D eigenvalue weighted by atomic mass is 10.0. The Morgan fingerprint density at radius 1 is 1.15 bits per heavy atom. The van der Waals surface area contributed by atoms with Gasteiger partial charge >= 0.3 is 0 Å². The second-order valence-corrected chi connectivity index (χ2v) is 5.36. The second kappa shape index (κ2) is 4.67. The molecule has 0 radical (unpaired) electrons. The molecule has 13 heavy (non-hydrogen) atoms. The van der Waals surface area contributed by atoms with Gasteiger partial charge in [-0.15, -0.1) is 0 Å². The van der Waals surface area contributed by atoms with E-state index in [2.05, 4.69) is 16.7 Å². The van der Waals surface area contributed by atoms with Crippen molar-refractivity contribution in [2.75, 3.05) is 24.6 Å². The Bertz CT molecular complexity index is 159. The van der Waals surface area contributed by atoms with Crippen LogP contribution in [-0.4, -0.2) is 46.7 Å². The van der Waals surface area contributed by atoms with E-state index < -0.39 is 0 Å². The summed E-state index contributed by atoms with van der Waals surface area (Å²) in [6, 6.07) is 0.774. The van der Waals surface area contributed by atoms with E-state index in [1.54, 1.807) is 0 Å². The summed E-state index contributed by atoms with van der Waals surface area (Å²) < 4.78 is 0. The van der Waals surface area contributed by atoms with E-state index in [1.807, 2.05) is 0 Å². The molecule has 2 saturated heterocycles. The fourth-order valence-electron chi connectivity index (χ4n) is 2.37. The molecule has 3 heteroatoms. The zero-order valence-electron chi connectivity index (χ0n) is 8.11. The summed E-state index contributed by atoms with van der Waals surface area (Å²) in [4.78, 5) is 2.51. The first kappa shape index (κ1) is 9.81. The van der Waals surface area contributed by atoms with Gasteiger partial charge in [0, 0.05) is 12.6 Å². The molecule has 0 unspecified atom stereocenters. The van der Waals surface area contributed by atoms with Gasteiger partial charge in [0.2, 0.25) is 0 Å². The SMILES string of the molecule is O[C@@H]1CCCN(C2CCSCC2)C1. The van der Waals surface area contributed by atoms with E-state index in [0.29, 0.717) is 0 Å². The quantitative estimate of drug-likeness (QED) is 0.692. The molecule has 1 N–H and O–H groups in total. The van der Waals surface area contributed by atoms with Gasteiger partial charge in [-0.3, -0.25) is 4.90 Å². The van der Waals surface area contributed by atoms with Crippen LogP contribution in [0.15, 0.2) is 0 Å². The molecule has 1 atom stereocenters. The average molecular weight is 201 g/mol. The first-order valence-corrected chi connectivity index (χ1v) is 6.51. The van der Waals surface area contributed by atoms with Gasteiger partial charge in [0.25, 0.3) is 0 Å². The first-order valence-electron chi connectivity index (χ1n) is 5.36. The molecular formula is C10H19NOS. The summed E-state index contributed by atoms with van der Waals surface area (Å²) in [5.41, 5.74) is 0. The van der Waals surface area contributed by atoms with E-state index in [1.165, 1.54) is 37.3 Å². The lowest BCUT2D eigenvalue weighted by Crippen LogP contribution is -2.45. The van der Waals surface area contributed by atoms with E-state index in [0.717, 1.165) is 19.0 Å². The van der Waals surface area contributed by atoms with Gasteiger partial charge < -0.3 is 5.11 Å². The highest BCUT2D eigenvalue weighted by Gasteiger charge is 2.25. The number of likely N-dealkylation sites (tertiary alicyclic amines) is 1. The van der Waals surface area contributed by atoms with Gasteiger partial charge in [-0.25, -0.2) is 0 Å². The van der Waals surface area contributed by atoms with E-state index in [-0.39, 0.29) is 6.10 Å². The van der Waals surface area contributed by atoms with E-state index in [9.17, 15) is 5.11 Å². The van der Waals surface area contributed by atoms with Gasteiger partial charge in [-0.2, -0.15) is 11.8 Å². The van der Waals surface area contributed by atoms with Crippen molar-refractivity contribution in [3.63, 3.8) is 0 Å². The van der Waals surface area contributed by atoms with Crippen LogP contribution in [0.3, 0.4) is 0 Å². The highest BCUT2D eigenvalue weighted by atomic mass is 32.2. The van der Waals surface area contributed by atoms with Crippen molar-refractivity contribution >= 4 is 11.8 Å². The van der Waals surface area contributed by atoms with Gasteiger partial charge in [-0.1, -0.05) is 0 Å². The third-order valence-electron chi connectivity index (χ3n) is 3.14. The normalized spacial score (nSPS) is 33.5. The molecule has 2 heterocycles. The summed E-state index contributed by atoms with van der Waals surface area (Å²) in [7, 11) is 0. The van der Waals surface area contributed by atoms with Crippen LogP contribution in [0.4, 0.5) is 0 Å². The smallest absolute Gasteiger partial charge is 0.0667 e. The molecule has 0 bridgehead atoms. The minimum atomic E-state index is -0.0525. The zero-order valence-corrected chi connectivity index (χ0v) is 8.93. The van der Waals surface area contributed by atoms with Crippen molar-refractivity contribution in [3.8, 4) is 0 Å². The van der Waals surface area contributed by atoms with Gasteiger partial charge in [0.15, 0.2) is 0 Å². The van der Waals surface area contributed by atoms with Crippen molar-refractivity contribution in [1.29, 1.82) is 0 Å². The van der Waals surface area contributed by atoms with Gasteiger partial charge in [-0.05, 0) is 43.7 Å². The summed E-state index contributed by atoms with van der Waals surface area (Å²) in [6.45, 7) is 2.14. The maximum atomic E-state index is 9.56. The highest BCUT2D eigenvalue weighted by Crippen LogP contribution is 2.24. The van der Waals surface area contributed by atoms with Crippen LogP contribution >= 0.6 is 11.8 Å². The number of aliphatic hydroxyl groups excluding tert-OH is 1. The molecule has 76 valence electrons. The maximum Gasteiger partial charge on any atom is 0.0667 e. The minimum absolute atomic E-state index is 0.0525. The Hall–Kier alpha value is 0.270. The molecule has 0 amide bonds. The fourth-order valence-corrected chi connectivity index (χ4v) is 3.45. The van der Waals surface area contributed by atoms with Gasteiger partial charge in [0.05, 0.1) is 6.10 Å². The number of thioether (sulfide) groups is 1. The van der Waals surface area contributed by atoms with Crippen molar-refractivity contribution in [1.82, 2.24) is 4.90 Å². The number of nitrogens with zero attached hydrogens (tertiary/aromatic N) is 1. The Labute approximate surface area is 84.7 Å². The van der Waals surface area contributed by atoms with Crippen LogP contribution in [0.1, 0.15) is 25.7 Å². The molecule has 0 spiro atoms. The second-order valence-electron chi connectivity index (χ2n) is 4.13. The average Bonchev–Trinajstić information content (AvgIpc) is 2.19. The van der Waals surface area contributed by atoms with Crippen LogP contribution in [0.25, 0.3) is 0 Å². The third kappa shape index (κ3) is 2.61. The molecule has 0 aromatic heterocycles. The number of hydrogen-bond donors (Lipinski definition) is 1. The molecule has 0 aromatic rings. The van der Waals surface area contributed by atoms with Crippen LogP contribution in [0, 0.1) is 0 Å². The summed E-state index contributed by atoms with van der Waals surface area (Å²) in [6.07, 6.45) is 4.81. The molecule has 0 aliphatic carbocycles. The minimum Gasteiger partial charge on any atom is -0.392 e. The number of piperidine rings is 1. The predicted molar refractivity (Wildman–Crippen MR) is 57.2 cm³/mol. The molecule has 2 fully saturated rings. The standard InChI is InChI=1S/C10H19NOS/c12-10-2-1-5-11(8-10)9-3-6-13-7-4-9/h9-10,12H,1-8H2/t10-/m1/s1.